The highest BCUT2D eigenvalue weighted by atomic mass is 19.1. The maximum atomic E-state index is 13.2. The Morgan fingerprint density at radius 2 is 2.36 bits per heavy atom. The van der Waals surface area contributed by atoms with E-state index in [-0.39, 0.29) is 30.3 Å². The summed E-state index contributed by atoms with van der Waals surface area (Å²) in [5.41, 5.74) is 0.716. The summed E-state index contributed by atoms with van der Waals surface area (Å²) >= 11 is 0. The van der Waals surface area contributed by atoms with Gasteiger partial charge in [0.15, 0.2) is 5.82 Å². The van der Waals surface area contributed by atoms with Gasteiger partial charge in [-0.1, -0.05) is 29.4 Å². The van der Waals surface area contributed by atoms with Gasteiger partial charge in [-0.15, -0.1) is 0 Å². The van der Waals surface area contributed by atoms with Crippen LogP contribution in [-0.4, -0.2) is 40.7 Å². The van der Waals surface area contributed by atoms with E-state index in [1.54, 1.807) is 43.2 Å². The third-order valence-corrected chi connectivity index (χ3v) is 4.20. The molecule has 6 nitrogen and oxygen atoms in total. The summed E-state index contributed by atoms with van der Waals surface area (Å²) in [6.07, 6.45) is 4.23. The molecule has 1 saturated heterocycles. The zero-order valence-electron chi connectivity index (χ0n) is 14.2. The molecule has 0 radical (unpaired) electrons. The number of aromatic nitrogens is 2. The lowest BCUT2D eigenvalue weighted by atomic mass is 10.1. The van der Waals surface area contributed by atoms with Crippen molar-refractivity contribution in [2.24, 2.45) is 0 Å². The Morgan fingerprint density at radius 3 is 3.04 bits per heavy atom. The van der Waals surface area contributed by atoms with Crippen LogP contribution in [0.5, 0.6) is 0 Å². The molecule has 0 bridgehead atoms. The fraction of sp³-hybridized carbons (Fsp3) is 0.389. The lowest BCUT2D eigenvalue weighted by Crippen LogP contribution is -2.31. The van der Waals surface area contributed by atoms with Gasteiger partial charge >= 0.3 is 0 Å². The Kier molecular flexibility index (Phi) is 5.23. The third-order valence-electron chi connectivity index (χ3n) is 4.20. The number of hydrogen-bond acceptors (Lipinski definition) is 5. The van der Waals surface area contributed by atoms with Crippen LogP contribution in [0.2, 0.25) is 0 Å². The van der Waals surface area contributed by atoms with Crippen LogP contribution in [0.4, 0.5) is 4.39 Å². The van der Waals surface area contributed by atoms with Gasteiger partial charge in [0.05, 0.1) is 6.10 Å². The number of nitrogens with zero attached hydrogens (tertiary/aromatic N) is 3. The van der Waals surface area contributed by atoms with E-state index in [0.717, 1.165) is 0 Å². The van der Waals surface area contributed by atoms with Crippen LogP contribution < -0.4 is 0 Å². The number of ether oxygens (including phenoxy) is 1. The van der Waals surface area contributed by atoms with Crippen molar-refractivity contribution < 1.29 is 18.4 Å². The molecule has 0 spiro atoms. The Balaban J connectivity index is 1.68. The van der Waals surface area contributed by atoms with Crippen LogP contribution >= 0.6 is 0 Å². The van der Waals surface area contributed by atoms with E-state index in [1.165, 1.54) is 12.1 Å². The van der Waals surface area contributed by atoms with E-state index < -0.39 is 0 Å². The largest absolute Gasteiger partial charge is 0.380 e. The van der Waals surface area contributed by atoms with Crippen LogP contribution in [0.15, 0.2) is 34.9 Å². The minimum Gasteiger partial charge on any atom is -0.380 e. The lowest BCUT2D eigenvalue weighted by Gasteiger charge is -2.20. The predicted octanol–water partition coefficient (Wildman–Crippen LogP) is 2.91. The minimum atomic E-state index is -0.303. The number of amides is 1. The van der Waals surface area contributed by atoms with Gasteiger partial charge in [0.25, 0.3) is 0 Å². The summed E-state index contributed by atoms with van der Waals surface area (Å²) in [6.45, 7) is 2.22. The summed E-state index contributed by atoms with van der Waals surface area (Å²) in [7, 11) is 1.62. The molecule has 1 aromatic heterocycles. The maximum Gasteiger partial charge on any atom is 0.249 e. The van der Waals surface area contributed by atoms with Crippen LogP contribution in [0.1, 0.15) is 36.2 Å². The van der Waals surface area contributed by atoms with E-state index in [1.807, 2.05) is 0 Å². The van der Waals surface area contributed by atoms with Gasteiger partial charge in [-0.25, -0.2) is 4.39 Å². The van der Waals surface area contributed by atoms with Crippen molar-refractivity contribution in [1.29, 1.82) is 0 Å². The topological polar surface area (TPSA) is 68.5 Å². The van der Waals surface area contributed by atoms with E-state index >= 15 is 0 Å². The van der Waals surface area contributed by atoms with Gasteiger partial charge in [-0.05, 0) is 24.6 Å². The smallest absolute Gasteiger partial charge is 0.249 e. The Labute approximate surface area is 145 Å². The van der Waals surface area contributed by atoms with E-state index in [9.17, 15) is 9.18 Å². The molecule has 7 heteroatoms. The van der Waals surface area contributed by atoms with Crippen molar-refractivity contribution in [2.45, 2.75) is 31.9 Å². The standard InChI is InChI=1S/C18H20FN3O3/c1-12-20-18(25-21-12)16-10-15(24-2)11-22(16)17(23)8-4-6-13-5-3-7-14(19)9-13/h3-7,9,15-16H,8,10-11H2,1-2H3/b6-4+/t15-,16-/m1/s1. The van der Waals surface area contributed by atoms with Crippen molar-refractivity contribution >= 4 is 12.0 Å². The molecule has 0 N–H and O–H groups in total. The monoisotopic (exact) mass is 345 g/mol. The fourth-order valence-electron chi connectivity index (χ4n) is 2.95. The number of likely N-dealkylation sites (tertiary alicyclic amines) is 1. The highest BCUT2D eigenvalue weighted by Gasteiger charge is 2.38. The summed E-state index contributed by atoms with van der Waals surface area (Å²) in [4.78, 5) is 18.6. The van der Waals surface area contributed by atoms with Gasteiger partial charge in [0, 0.05) is 26.5 Å². The molecule has 0 unspecified atom stereocenters. The molecule has 1 amide bonds. The molecule has 2 aromatic rings. The Hall–Kier alpha value is -2.54. The van der Waals surface area contributed by atoms with Crippen LogP contribution in [0, 0.1) is 12.7 Å². The lowest BCUT2D eigenvalue weighted by molar-refractivity contribution is -0.132. The van der Waals surface area contributed by atoms with Gasteiger partial charge < -0.3 is 14.2 Å². The first-order valence-corrected chi connectivity index (χ1v) is 8.11. The molecule has 2 atom stereocenters. The SMILES string of the molecule is CO[C@@H]1C[C@H](c2nc(C)no2)N(C(=O)C/C=C/c2cccc(F)c2)C1. The van der Waals surface area contributed by atoms with E-state index in [4.69, 9.17) is 9.26 Å². The van der Waals surface area contributed by atoms with Gasteiger partial charge in [-0.2, -0.15) is 4.98 Å². The molecule has 132 valence electrons. The molecule has 0 aliphatic carbocycles. The molecule has 1 fully saturated rings. The first-order chi connectivity index (χ1) is 12.1. The highest BCUT2D eigenvalue weighted by molar-refractivity contribution is 5.79. The Morgan fingerprint density at radius 1 is 1.52 bits per heavy atom. The molecular weight excluding hydrogens is 325 g/mol. The quantitative estimate of drug-likeness (QED) is 0.833. The van der Waals surface area contributed by atoms with Crippen molar-refractivity contribution in [1.82, 2.24) is 15.0 Å². The molecule has 0 saturated carbocycles. The number of aryl methyl sites for hydroxylation is 1. The maximum absolute atomic E-state index is 13.2. The predicted molar refractivity (Wildman–Crippen MR) is 89.0 cm³/mol. The van der Waals surface area contributed by atoms with Crippen LogP contribution in [0.25, 0.3) is 6.08 Å². The second-order valence-corrected chi connectivity index (χ2v) is 6.00. The molecule has 1 aromatic carbocycles. The average Bonchev–Trinajstić information content (AvgIpc) is 3.20. The molecule has 1 aliphatic rings. The second-order valence-electron chi connectivity index (χ2n) is 6.00. The van der Waals surface area contributed by atoms with E-state index in [2.05, 4.69) is 10.1 Å². The number of hydrogen-bond donors (Lipinski definition) is 0. The van der Waals surface area contributed by atoms with Gasteiger partial charge in [-0.3, -0.25) is 4.79 Å². The van der Waals surface area contributed by atoms with Gasteiger partial charge in [0.1, 0.15) is 11.9 Å². The van der Waals surface area contributed by atoms with Crippen molar-refractivity contribution in [3.8, 4) is 0 Å². The zero-order chi connectivity index (χ0) is 17.8. The third kappa shape index (κ3) is 4.11. The van der Waals surface area contributed by atoms with E-state index in [0.29, 0.717) is 30.2 Å². The molecule has 25 heavy (non-hydrogen) atoms. The van der Waals surface area contributed by atoms with Gasteiger partial charge in [0.2, 0.25) is 11.8 Å². The fourth-order valence-corrected chi connectivity index (χ4v) is 2.95. The van der Waals surface area contributed by atoms with Crippen molar-refractivity contribution in [3.05, 3.63) is 53.4 Å². The first-order valence-electron chi connectivity index (χ1n) is 8.11. The average molecular weight is 345 g/mol. The van der Waals surface area contributed by atoms with Crippen LogP contribution in [-0.2, 0) is 9.53 Å². The number of methoxy groups -OCH3 is 1. The highest BCUT2D eigenvalue weighted by Crippen LogP contribution is 2.33. The zero-order valence-corrected chi connectivity index (χ0v) is 14.2. The van der Waals surface area contributed by atoms with Crippen LogP contribution in [0.3, 0.4) is 0 Å². The number of carbonyl (C=O) groups excluding carboxylic acids is 1. The van der Waals surface area contributed by atoms with Crippen molar-refractivity contribution in [3.63, 3.8) is 0 Å². The molecule has 3 rings (SSSR count). The number of rotatable bonds is 5. The molecule has 2 heterocycles. The van der Waals surface area contributed by atoms with Crippen molar-refractivity contribution in [2.75, 3.05) is 13.7 Å². The normalized spacial score (nSPS) is 20.5. The Bertz CT molecular complexity index is 774. The minimum absolute atomic E-state index is 0.0617. The summed E-state index contributed by atoms with van der Waals surface area (Å²) in [5, 5.41) is 3.80. The number of carbonyl (C=O) groups is 1. The second kappa shape index (κ2) is 7.57. The molecular formula is C18H20FN3O3. The summed E-state index contributed by atoms with van der Waals surface area (Å²) < 4.78 is 23.8. The first kappa shape index (κ1) is 17.3. The summed E-state index contributed by atoms with van der Waals surface area (Å²) in [5.74, 6) is 0.601. The number of halogens is 1. The molecule has 1 aliphatic heterocycles. The summed E-state index contributed by atoms with van der Waals surface area (Å²) in [6, 6.07) is 5.94. The number of benzene rings is 1.